The Kier molecular flexibility index (Phi) is 5.15. The first-order chi connectivity index (χ1) is 15.0. The Morgan fingerprint density at radius 2 is 1.87 bits per heavy atom. The van der Waals surface area contributed by atoms with Gasteiger partial charge >= 0.3 is 0 Å². The van der Waals surface area contributed by atoms with Crippen LogP contribution in [-0.2, 0) is 13.6 Å². The molecule has 0 saturated carbocycles. The van der Waals surface area contributed by atoms with Gasteiger partial charge in [-0.1, -0.05) is 6.07 Å². The Morgan fingerprint density at radius 1 is 1.13 bits per heavy atom. The van der Waals surface area contributed by atoms with Crippen LogP contribution in [0.5, 0.6) is 11.5 Å². The molecule has 2 aromatic heterocycles. The van der Waals surface area contributed by atoms with E-state index in [2.05, 4.69) is 20.1 Å². The fourth-order valence-electron chi connectivity index (χ4n) is 3.66. The highest BCUT2D eigenvalue weighted by molar-refractivity contribution is 5.93. The number of aromatic amines is 1. The first-order valence-corrected chi connectivity index (χ1v) is 9.40. The van der Waals surface area contributed by atoms with Crippen LogP contribution in [0, 0.1) is 6.57 Å². The minimum absolute atomic E-state index is 0.189. The molecule has 0 radical (unpaired) electrons. The van der Waals surface area contributed by atoms with Gasteiger partial charge in [0.05, 0.1) is 43.8 Å². The van der Waals surface area contributed by atoms with E-state index in [1.54, 1.807) is 36.2 Å². The number of nitrogens with one attached hydrogen (secondary N) is 1. The number of aryl methyl sites for hydroxylation is 1. The zero-order chi connectivity index (χ0) is 22.1. The standard InChI is InChI=1S/C22H20N6O3/c1-24-17-9-20(31-4)19(30-3)8-15(17)21-16(11-25-28(21)2)12-5-6-13-14(7-12)18(10-23)26-27-22(13)29/h5-9,11H,10,23H2,2-4H3,(H,27,29). The second-order valence-electron chi connectivity index (χ2n) is 6.83. The minimum Gasteiger partial charge on any atom is -0.494 e. The van der Waals surface area contributed by atoms with E-state index >= 15 is 0 Å². The van der Waals surface area contributed by atoms with Gasteiger partial charge in [-0.2, -0.15) is 10.2 Å². The molecule has 4 aromatic rings. The zero-order valence-electron chi connectivity index (χ0n) is 17.3. The lowest BCUT2D eigenvalue weighted by Crippen LogP contribution is -2.13. The highest BCUT2D eigenvalue weighted by Gasteiger charge is 2.20. The molecule has 4 rings (SSSR count). The number of nitrogens with two attached hydrogens (primary N) is 1. The molecule has 0 atom stereocenters. The number of hydrogen-bond acceptors (Lipinski definition) is 6. The predicted molar refractivity (Wildman–Crippen MR) is 117 cm³/mol. The molecule has 2 aromatic carbocycles. The lowest BCUT2D eigenvalue weighted by molar-refractivity contribution is 0.355. The van der Waals surface area contributed by atoms with Crippen molar-refractivity contribution in [3.63, 3.8) is 0 Å². The number of benzene rings is 2. The molecule has 9 nitrogen and oxygen atoms in total. The highest BCUT2D eigenvalue weighted by atomic mass is 16.5. The van der Waals surface area contributed by atoms with Crippen molar-refractivity contribution in [1.82, 2.24) is 20.0 Å². The molecule has 156 valence electrons. The Labute approximate surface area is 177 Å². The van der Waals surface area contributed by atoms with Crippen molar-refractivity contribution in [1.29, 1.82) is 0 Å². The maximum Gasteiger partial charge on any atom is 0.272 e. The summed E-state index contributed by atoms with van der Waals surface area (Å²) in [4.78, 5) is 15.8. The molecule has 0 fully saturated rings. The van der Waals surface area contributed by atoms with Gasteiger partial charge in [-0.05, 0) is 29.8 Å². The van der Waals surface area contributed by atoms with Crippen LogP contribution in [-0.4, -0.2) is 34.2 Å². The second kappa shape index (κ2) is 7.93. The summed E-state index contributed by atoms with van der Waals surface area (Å²) in [5.41, 5.74) is 9.55. The van der Waals surface area contributed by atoms with Crippen LogP contribution in [0.2, 0.25) is 0 Å². The largest absolute Gasteiger partial charge is 0.494 e. The number of hydrogen-bond donors (Lipinski definition) is 2. The fraction of sp³-hybridized carbons (Fsp3) is 0.182. The Morgan fingerprint density at radius 3 is 2.55 bits per heavy atom. The topological polar surface area (TPSA) is 112 Å². The monoisotopic (exact) mass is 416 g/mol. The molecule has 0 bridgehead atoms. The number of fused-ring (bicyclic) bond motifs is 1. The van der Waals surface area contributed by atoms with Crippen molar-refractivity contribution in [2.24, 2.45) is 12.8 Å². The molecule has 3 N–H and O–H groups in total. The molecule has 31 heavy (non-hydrogen) atoms. The molecule has 0 spiro atoms. The summed E-state index contributed by atoms with van der Waals surface area (Å²) in [5.74, 6) is 0.987. The van der Waals surface area contributed by atoms with E-state index in [-0.39, 0.29) is 12.1 Å². The van der Waals surface area contributed by atoms with E-state index in [9.17, 15) is 4.79 Å². The zero-order valence-corrected chi connectivity index (χ0v) is 17.3. The number of rotatable bonds is 5. The molecule has 9 heteroatoms. The number of methoxy groups -OCH3 is 2. The van der Waals surface area contributed by atoms with Crippen LogP contribution in [0.25, 0.3) is 38.0 Å². The van der Waals surface area contributed by atoms with Crippen LogP contribution in [0.4, 0.5) is 5.69 Å². The molecule has 0 unspecified atom stereocenters. The van der Waals surface area contributed by atoms with Gasteiger partial charge < -0.3 is 15.2 Å². The fourth-order valence-corrected chi connectivity index (χ4v) is 3.66. The van der Waals surface area contributed by atoms with E-state index in [1.807, 2.05) is 19.2 Å². The average Bonchev–Trinajstić information content (AvgIpc) is 3.19. The van der Waals surface area contributed by atoms with Crippen LogP contribution >= 0.6 is 0 Å². The summed E-state index contributed by atoms with van der Waals surface area (Å²) in [6, 6.07) is 8.88. The van der Waals surface area contributed by atoms with Crippen LogP contribution in [0.3, 0.4) is 0 Å². The normalized spacial score (nSPS) is 10.8. The number of H-pyrrole nitrogens is 1. The van der Waals surface area contributed by atoms with Gasteiger partial charge in [0, 0.05) is 30.1 Å². The van der Waals surface area contributed by atoms with Gasteiger partial charge in [0.15, 0.2) is 11.4 Å². The second-order valence-corrected chi connectivity index (χ2v) is 6.83. The molecule has 0 saturated heterocycles. The highest BCUT2D eigenvalue weighted by Crippen LogP contribution is 2.43. The third kappa shape index (κ3) is 3.29. The van der Waals surface area contributed by atoms with E-state index in [1.165, 1.54) is 7.11 Å². The summed E-state index contributed by atoms with van der Waals surface area (Å²) >= 11 is 0. The molecule has 2 heterocycles. The smallest absolute Gasteiger partial charge is 0.272 e. The van der Waals surface area contributed by atoms with Gasteiger partial charge in [-0.15, -0.1) is 0 Å². The minimum atomic E-state index is -0.277. The van der Waals surface area contributed by atoms with E-state index in [4.69, 9.17) is 21.8 Å². The van der Waals surface area contributed by atoms with Crippen molar-refractivity contribution in [3.05, 3.63) is 64.0 Å². The van der Waals surface area contributed by atoms with Crippen LogP contribution in [0.15, 0.2) is 41.3 Å². The third-order valence-electron chi connectivity index (χ3n) is 5.19. The van der Waals surface area contributed by atoms with Crippen molar-refractivity contribution < 1.29 is 9.47 Å². The first-order valence-electron chi connectivity index (χ1n) is 9.40. The predicted octanol–water partition coefficient (Wildman–Crippen LogP) is 3.02. The van der Waals surface area contributed by atoms with Gasteiger partial charge in [0.1, 0.15) is 5.75 Å². The third-order valence-corrected chi connectivity index (χ3v) is 5.19. The van der Waals surface area contributed by atoms with Gasteiger partial charge in [0.2, 0.25) is 0 Å². The SMILES string of the molecule is [C-]#[N+]c1cc(OC)c(OC)cc1-c1c(-c2ccc3c(=O)[nH]nc(CN)c3c2)cnn1C. The summed E-state index contributed by atoms with van der Waals surface area (Å²) in [5, 5.41) is 12.1. The van der Waals surface area contributed by atoms with Crippen LogP contribution < -0.4 is 20.8 Å². The Hall–Kier alpha value is -4.16. The summed E-state index contributed by atoms with van der Waals surface area (Å²) < 4.78 is 12.5. The molecule has 0 amide bonds. The summed E-state index contributed by atoms with van der Waals surface area (Å²) in [6.45, 7) is 7.84. The van der Waals surface area contributed by atoms with Gasteiger partial charge in [-0.25, -0.2) is 9.94 Å². The maximum absolute atomic E-state index is 12.2. The van der Waals surface area contributed by atoms with Crippen molar-refractivity contribution in [2.45, 2.75) is 6.54 Å². The lowest BCUT2D eigenvalue weighted by atomic mass is 9.97. The Balaban J connectivity index is 1.99. The molecular weight excluding hydrogens is 396 g/mol. The quantitative estimate of drug-likeness (QED) is 0.484. The molecule has 0 aliphatic rings. The van der Waals surface area contributed by atoms with Gasteiger partial charge in [-0.3, -0.25) is 9.48 Å². The van der Waals surface area contributed by atoms with Gasteiger partial charge in [0.25, 0.3) is 5.56 Å². The van der Waals surface area contributed by atoms with E-state index in [0.717, 1.165) is 16.8 Å². The molecule has 0 aliphatic heterocycles. The van der Waals surface area contributed by atoms with Crippen LogP contribution in [0.1, 0.15) is 5.69 Å². The number of aromatic nitrogens is 4. The van der Waals surface area contributed by atoms with Crippen molar-refractivity contribution in [3.8, 4) is 33.9 Å². The molecular formula is C22H20N6O3. The number of ether oxygens (including phenoxy) is 2. The Bertz CT molecular complexity index is 1400. The lowest BCUT2D eigenvalue weighted by Gasteiger charge is -2.14. The van der Waals surface area contributed by atoms with Crippen molar-refractivity contribution >= 4 is 16.5 Å². The summed E-state index contributed by atoms with van der Waals surface area (Å²) in [7, 11) is 4.88. The van der Waals surface area contributed by atoms with E-state index in [0.29, 0.717) is 39.2 Å². The number of nitrogens with zero attached hydrogens (tertiary/aromatic N) is 4. The van der Waals surface area contributed by atoms with E-state index < -0.39 is 0 Å². The average molecular weight is 416 g/mol. The maximum atomic E-state index is 12.2. The van der Waals surface area contributed by atoms with Crippen molar-refractivity contribution in [2.75, 3.05) is 14.2 Å². The molecule has 0 aliphatic carbocycles. The first kappa shape index (κ1) is 20.1. The summed E-state index contributed by atoms with van der Waals surface area (Å²) in [6.07, 6.45) is 1.73.